The maximum atomic E-state index is 13.0. The van der Waals surface area contributed by atoms with Crippen molar-refractivity contribution in [1.29, 1.82) is 0 Å². The summed E-state index contributed by atoms with van der Waals surface area (Å²) in [6.45, 7) is 0.295. The van der Waals surface area contributed by atoms with Gasteiger partial charge in [-0.15, -0.1) is 11.8 Å². The predicted octanol–water partition coefficient (Wildman–Crippen LogP) is 3.78. The quantitative estimate of drug-likeness (QED) is 0.235. The molecule has 0 aliphatic rings. The fraction of sp³-hybridized carbons (Fsp3) is 0.0870. The minimum absolute atomic E-state index is 0.228. The van der Waals surface area contributed by atoms with Gasteiger partial charge in [-0.1, -0.05) is 30.3 Å². The summed E-state index contributed by atoms with van der Waals surface area (Å²) in [5, 5.41) is 11.6. The average Bonchev–Trinajstić information content (AvgIpc) is 2.81. The Morgan fingerprint density at radius 3 is 2.37 bits per heavy atom. The van der Waals surface area contributed by atoms with E-state index in [2.05, 4.69) is 10.3 Å². The number of rotatable bonds is 7. The van der Waals surface area contributed by atoms with Crippen LogP contribution in [0.5, 0.6) is 0 Å². The van der Waals surface area contributed by atoms with Crippen LogP contribution in [0.25, 0.3) is 11.6 Å². The van der Waals surface area contributed by atoms with Gasteiger partial charge in [-0.3, -0.25) is 19.8 Å². The number of thioether (sulfide) groups is 1. The van der Waals surface area contributed by atoms with Gasteiger partial charge in [-0.05, 0) is 53.8 Å². The molecule has 0 saturated carbocycles. The molecular weight excluding hydrogens is 398 g/mol. The minimum atomic E-state index is -0.583. The number of amides is 2. The largest absolute Gasteiger partial charge is 0.348 e. The Kier molecular flexibility index (Phi) is 7.37. The van der Waals surface area contributed by atoms with Crippen molar-refractivity contribution < 1.29 is 14.8 Å². The summed E-state index contributed by atoms with van der Waals surface area (Å²) in [7, 11) is 0. The topological polar surface area (TPSA) is 91.3 Å². The van der Waals surface area contributed by atoms with E-state index in [1.54, 1.807) is 60.0 Å². The van der Waals surface area contributed by atoms with Crippen LogP contribution in [0.3, 0.4) is 0 Å². The molecule has 152 valence electrons. The maximum Gasteiger partial charge on any atom is 0.274 e. The molecule has 3 aromatic rings. The minimum Gasteiger partial charge on any atom is -0.348 e. The number of hydrogen-bond donors (Lipinski definition) is 3. The molecule has 0 saturated heterocycles. The molecule has 2 aromatic carbocycles. The van der Waals surface area contributed by atoms with Crippen molar-refractivity contribution in [1.82, 2.24) is 15.8 Å². The van der Waals surface area contributed by atoms with Gasteiger partial charge in [-0.25, -0.2) is 5.48 Å². The summed E-state index contributed by atoms with van der Waals surface area (Å²) in [5.41, 5.74) is 4.90. The molecular formula is C23H21N3O3S. The van der Waals surface area contributed by atoms with Crippen molar-refractivity contribution in [3.63, 3.8) is 0 Å². The molecule has 0 fully saturated rings. The summed E-state index contributed by atoms with van der Waals surface area (Å²) in [4.78, 5) is 29.6. The van der Waals surface area contributed by atoms with Crippen molar-refractivity contribution >= 4 is 35.2 Å². The van der Waals surface area contributed by atoms with Gasteiger partial charge in [0.05, 0.1) is 0 Å². The molecule has 3 N–H and O–H groups in total. The standard InChI is InChI=1S/C23H21N3O3S/c1-30-20-10-6-16(7-11-20)13-21(19-3-2-12-24-15-19)23(28)25-14-17-4-8-18(9-5-17)22(27)26-29/h2-13,15,29H,14H2,1H3,(H,25,28)(H,26,27)/b21-13+. The summed E-state index contributed by atoms with van der Waals surface area (Å²) >= 11 is 1.66. The van der Waals surface area contributed by atoms with E-state index in [9.17, 15) is 9.59 Å². The number of aromatic nitrogens is 1. The van der Waals surface area contributed by atoms with E-state index in [0.29, 0.717) is 17.7 Å². The van der Waals surface area contributed by atoms with Crippen LogP contribution in [-0.2, 0) is 11.3 Å². The number of benzene rings is 2. The Hall–Kier alpha value is -3.42. The second-order valence-corrected chi connectivity index (χ2v) is 7.27. The number of nitrogens with zero attached hydrogens (tertiary/aromatic N) is 1. The van der Waals surface area contributed by atoms with Crippen LogP contribution >= 0.6 is 11.8 Å². The third-order valence-electron chi connectivity index (χ3n) is 4.41. The third kappa shape index (κ3) is 5.56. The predicted molar refractivity (Wildman–Crippen MR) is 118 cm³/mol. The van der Waals surface area contributed by atoms with Gasteiger partial charge in [0.1, 0.15) is 0 Å². The summed E-state index contributed by atoms with van der Waals surface area (Å²) in [6.07, 6.45) is 7.17. The zero-order chi connectivity index (χ0) is 21.3. The van der Waals surface area contributed by atoms with E-state index in [1.807, 2.05) is 42.7 Å². The van der Waals surface area contributed by atoms with Gasteiger partial charge in [-0.2, -0.15) is 0 Å². The van der Waals surface area contributed by atoms with Crippen molar-refractivity contribution in [2.24, 2.45) is 0 Å². The van der Waals surface area contributed by atoms with Gasteiger partial charge in [0, 0.05) is 40.5 Å². The van der Waals surface area contributed by atoms with Crippen molar-refractivity contribution in [2.75, 3.05) is 6.26 Å². The second-order valence-electron chi connectivity index (χ2n) is 6.39. The van der Waals surface area contributed by atoms with E-state index in [4.69, 9.17) is 5.21 Å². The van der Waals surface area contributed by atoms with E-state index >= 15 is 0 Å². The zero-order valence-corrected chi connectivity index (χ0v) is 17.1. The Balaban J connectivity index is 1.78. The highest BCUT2D eigenvalue weighted by Gasteiger charge is 2.13. The Morgan fingerprint density at radius 2 is 1.77 bits per heavy atom. The molecule has 0 radical (unpaired) electrons. The summed E-state index contributed by atoms with van der Waals surface area (Å²) in [5.74, 6) is -0.811. The van der Waals surface area contributed by atoms with Crippen LogP contribution in [0.15, 0.2) is 78.0 Å². The first-order valence-electron chi connectivity index (χ1n) is 9.18. The second kappa shape index (κ2) is 10.4. The SMILES string of the molecule is CSc1ccc(/C=C(/C(=O)NCc2ccc(C(=O)NO)cc2)c2cccnc2)cc1. The van der Waals surface area contributed by atoms with E-state index in [1.165, 1.54) is 0 Å². The fourth-order valence-electron chi connectivity index (χ4n) is 2.78. The molecule has 30 heavy (non-hydrogen) atoms. The molecule has 7 heteroatoms. The smallest absolute Gasteiger partial charge is 0.274 e. The lowest BCUT2D eigenvalue weighted by atomic mass is 10.0. The fourth-order valence-corrected chi connectivity index (χ4v) is 3.19. The Morgan fingerprint density at radius 1 is 1.03 bits per heavy atom. The van der Waals surface area contributed by atoms with Crippen molar-refractivity contribution in [2.45, 2.75) is 11.4 Å². The molecule has 0 unspecified atom stereocenters. The first-order valence-corrected chi connectivity index (χ1v) is 10.4. The highest BCUT2D eigenvalue weighted by molar-refractivity contribution is 7.98. The van der Waals surface area contributed by atoms with Gasteiger partial charge >= 0.3 is 0 Å². The monoisotopic (exact) mass is 419 g/mol. The molecule has 1 heterocycles. The molecule has 1 aromatic heterocycles. The lowest BCUT2D eigenvalue weighted by Crippen LogP contribution is -2.24. The van der Waals surface area contributed by atoms with Crippen LogP contribution in [0.1, 0.15) is 27.0 Å². The summed E-state index contributed by atoms with van der Waals surface area (Å²) in [6, 6.07) is 18.2. The molecule has 6 nitrogen and oxygen atoms in total. The van der Waals surface area contributed by atoms with Crippen LogP contribution < -0.4 is 10.8 Å². The molecule has 0 spiro atoms. The average molecular weight is 420 g/mol. The van der Waals surface area contributed by atoms with Crippen LogP contribution in [-0.4, -0.2) is 28.3 Å². The van der Waals surface area contributed by atoms with Crippen LogP contribution in [0, 0.1) is 0 Å². The highest BCUT2D eigenvalue weighted by atomic mass is 32.2. The van der Waals surface area contributed by atoms with E-state index < -0.39 is 5.91 Å². The van der Waals surface area contributed by atoms with Crippen molar-refractivity contribution in [3.8, 4) is 0 Å². The van der Waals surface area contributed by atoms with Gasteiger partial charge in [0.25, 0.3) is 11.8 Å². The van der Waals surface area contributed by atoms with E-state index in [0.717, 1.165) is 21.6 Å². The first kappa shape index (κ1) is 21.3. The number of carbonyl (C=O) groups is 2. The van der Waals surface area contributed by atoms with Gasteiger partial charge < -0.3 is 5.32 Å². The lowest BCUT2D eigenvalue weighted by Gasteiger charge is -2.10. The van der Waals surface area contributed by atoms with Crippen LogP contribution in [0.4, 0.5) is 0 Å². The first-order chi connectivity index (χ1) is 14.6. The number of carbonyl (C=O) groups excluding carboxylic acids is 2. The number of nitrogens with one attached hydrogen (secondary N) is 2. The number of hydroxylamine groups is 1. The number of pyridine rings is 1. The molecule has 0 bridgehead atoms. The molecule has 0 aliphatic carbocycles. The molecule has 0 atom stereocenters. The van der Waals surface area contributed by atoms with Gasteiger partial charge in [0.15, 0.2) is 0 Å². The lowest BCUT2D eigenvalue weighted by molar-refractivity contribution is -0.115. The maximum absolute atomic E-state index is 13.0. The molecule has 2 amide bonds. The Labute approximate surface area is 179 Å². The molecule has 0 aliphatic heterocycles. The number of hydrogen-bond acceptors (Lipinski definition) is 5. The zero-order valence-electron chi connectivity index (χ0n) is 16.3. The van der Waals surface area contributed by atoms with Crippen LogP contribution in [0.2, 0.25) is 0 Å². The van der Waals surface area contributed by atoms with Crippen molar-refractivity contribution in [3.05, 3.63) is 95.3 Å². The normalized spacial score (nSPS) is 11.1. The molecule has 3 rings (SSSR count). The Bertz CT molecular complexity index is 1030. The third-order valence-corrected chi connectivity index (χ3v) is 5.16. The summed E-state index contributed by atoms with van der Waals surface area (Å²) < 4.78 is 0. The van der Waals surface area contributed by atoms with Gasteiger partial charge in [0.2, 0.25) is 0 Å². The van der Waals surface area contributed by atoms with E-state index in [-0.39, 0.29) is 5.91 Å². The highest BCUT2D eigenvalue weighted by Crippen LogP contribution is 2.21.